The maximum absolute atomic E-state index is 5.33. The lowest BCUT2D eigenvalue weighted by molar-refractivity contribution is 0.249. The van der Waals surface area contributed by atoms with Gasteiger partial charge in [-0.05, 0) is 36.6 Å². The maximum Gasteiger partial charge on any atom is 0.227 e. The highest BCUT2D eigenvalue weighted by Gasteiger charge is 2.20. The molecule has 6 nitrogen and oxygen atoms in total. The standard InChI is InChI=1S/C20H27N5O/c1-26-18-6-4-5-17(15-18)16-23-11-13-24(14-12-23)19-7-8-21-20(22-19)25-9-2-3-10-25/h4-8,15H,2-3,9-14,16H2,1H3. The Morgan fingerprint density at radius 2 is 1.77 bits per heavy atom. The van der Waals surface area contributed by atoms with Crippen molar-refractivity contribution in [2.75, 3.05) is 56.2 Å². The fourth-order valence-corrected chi connectivity index (χ4v) is 3.75. The van der Waals surface area contributed by atoms with Crippen molar-refractivity contribution < 1.29 is 4.74 Å². The molecule has 0 spiro atoms. The Labute approximate surface area is 155 Å². The SMILES string of the molecule is COc1cccc(CN2CCN(c3ccnc(N4CCCC4)n3)CC2)c1. The summed E-state index contributed by atoms with van der Waals surface area (Å²) in [6.45, 7) is 7.21. The van der Waals surface area contributed by atoms with Crippen LogP contribution < -0.4 is 14.5 Å². The summed E-state index contributed by atoms with van der Waals surface area (Å²) >= 11 is 0. The van der Waals surface area contributed by atoms with Crippen molar-refractivity contribution >= 4 is 11.8 Å². The van der Waals surface area contributed by atoms with Crippen molar-refractivity contribution in [2.45, 2.75) is 19.4 Å². The summed E-state index contributed by atoms with van der Waals surface area (Å²) in [5, 5.41) is 0. The zero-order chi connectivity index (χ0) is 17.8. The van der Waals surface area contributed by atoms with E-state index < -0.39 is 0 Å². The molecule has 2 aliphatic rings. The number of aromatic nitrogens is 2. The first kappa shape index (κ1) is 17.1. The van der Waals surface area contributed by atoms with E-state index in [0.717, 1.165) is 63.3 Å². The second-order valence-electron chi connectivity index (χ2n) is 7.02. The first-order chi connectivity index (χ1) is 12.8. The maximum atomic E-state index is 5.33. The molecule has 138 valence electrons. The van der Waals surface area contributed by atoms with Crippen LogP contribution in [0, 0.1) is 0 Å². The summed E-state index contributed by atoms with van der Waals surface area (Å²) in [7, 11) is 1.72. The van der Waals surface area contributed by atoms with E-state index in [0.29, 0.717) is 0 Å². The topological polar surface area (TPSA) is 44.7 Å². The number of nitrogens with zero attached hydrogens (tertiary/aromatic N) is 5. The number of ether oxygens (including phenoxy) is 1. The summed E-state index contributed by atoms with van der Waals surface area (Å²) in [5.41, 5.74) is 1.30. The number of rotatable bonds is 5. The van der Waals surface area contributed by atoms with Crippen molar-refractivity contribution in [1.29, 1.82) is 0 Å². The first-order valence-electron chi connectivity index (χ1n) is 9.50. The molecule has 1 aromatic carbocycles. The van der Waals surface area contributed by atoms with Crippen LogP contribution in [-0.4, -0.2) is 61.2 Å². The normalized spacial score (nSPS) is 18.3. The van der Waals surface area contributed by atoms with Crippen molar-refractivity contribution in [3.05, 3.63) is 42.1 Å². The molecule has 1 aromatic heterocycles. The van der Waals surface area contributed by atoms with Gasteiger partial charge in [0.05, 0.1) is 7.11 Å². The second-order valence-corrected chi connectivity index (χ2v) is 7.02. The lowest BCUT2D eigenvalue weighted by Crippen LogP contribution is -2.46. The lowest BCUT2D eigenvalue weighted by Gasteiger charge is -2.35. The number of methoxy groups -OCH3 is 1. The lowest BCUT2D eigenvalue weighted by atomic mass is 10.2. The predicted molar refractivity (Wildman–Crippen MR) is 104 cm³/mol. The molecule has 2 saturated heterocycles. The molecule has 2 aromatic rings. The Morgan fingerprint density at radius 1 is 0.962 bits per heavy atom. The summed E-state index contributed by atoms with van der Waals surface area (Å²) in [5.74, 6) is 2.87. The summed E-state index contributed by atoms with van der Waals surface area (Å²) in [6.07, 6.45) is 4.39. The molecule has 2 fully saturated rings. The van der Waals surface area contributed by atoms with Gasteiger partial charge in [0.15, 0.2) is 0 Å². The second kappa shape index (κ2) is 7.91. The highest BCUT2D eigenvalue weighted by molar-refractivity contribution is 5.44. The van der Waals surface area contributed by atoms with E-state index in [2.05, 4.69) is 37.9 Å². The molecule has 6 heteroatoms. The molecule has 0 atom stereocenters. The molecule has 4 rings (SSSR count). The number of benzene rings is 1. The number of hydrogen-bond donors (Lipinski definition) is 0. The molecular weight excluding hydrogens is 326 g/mol. The Kier molecular flexibility index (Phi) is 5.20. The Balaban J connectivity index is 1.35. The molecule has 3 heterocycles. The van der Waals surface area contributed by atoms with Crippen LogP contribution in [0.5, 0.6) is 5.75 Å². The zero-order valence-corrected chi connectivity index (χ0v) is 15.5. The van der Waals surface area contributed by atoms with Crippen LogP contribution in [0.3, 0.4) is 0 Å². The third kappa shape index (κ3) is 3.90. The van der Waals surface area contributed by atoms with Crippen LogP contribution in [0.25, 0.3) is 0 Å². The highest BCUT2D eigenvalue weighted by Crippen LogP contribution is 2.21. The Morgan fingerprint density at radius 3 is 2.54 bits per heavy atom. The molecule has 0 N–H and O–H groups in total. The third-order valence-electron chi connectivity index (χ3n) is 5.25. The van der Waals surface area contributed by atoms with Gasteiger partial charge in [-0.3, -0.25) is 4.90 Å². The highest BCUT2D eigenvalue weighted by atomic mass is 16.5. The monoisotopic (exact) mass is 353 g/mol. The summed E-state index contributed by atoms with van der Waals surface area (Å²) in [4.78, 5) is 16.5. The van der Waals surface area contributed by atoms with Crippen LogP contribution in [-0.2, 0) is 6.54 Å². The zero-order valence-electron chi connectivity index (χ0n) is 15.5. The molecule has 0 bridgehead atoms. The van der Waals surface area contributed by atoms with Gasteiger partial charge >= 0.3 is 0 Å². The fourth-order valence-electron chi connectivity index (χ4n) is 3.75. The Bertz CT molecular complexity index is 724. The van der Waals surface area contributed by atoms with Crippen molar-refractivity contribution in [1.82, 2.24) is 14.9 Å². The van der Waals surface area contributed by atoms with Crippen molar-refractivity contribution in [2.24, 2.45) is 0 Å². The molecular formula is C20H27N5O. The quantitative estimate of drug-likeness (QED) is 0.823. The minimum atomic E-state index is 0.888. The molecule has 0 amide bonds. The largest absolute Gasteiger partial charge is 0.497 e. The van der Waals surface area contributed by atoms with E-state index in [-0.39, 0.29) is 0 Å². The van der Waals surface area contributed by atoms with Crippen LogP contribution in [0.15, 0.2) is 36.5 Å². The smallest absolute Gasteiger partial charge is 0.227 e. The Hall–Kier alpha value is -2.34. The van der Waals surface area contributed by atoms with E-state index in [4.69, 9.17) is 9.72 Å². The number of hydrogen-bond acceptors (Lipinski definition) is 6. The van der Waals surface area contributed by atoms with Crippen molar-refractivity contribution in [3.63, 3.8) is 0 Å². The minimum absolute atomic E-state index is 0.888. The molecule has 26 heavy (non-hydrogen) atoms. The number of anilines is 2. The average molecular weight is 353 g/mol. The van der Waals surface area contributed by atoms with Gasteiger partial charge in [0.2, 0.25) is 5.95 Å². The van der Waals surface area contributed by atoms with E-state index in [1.54, 1.807) is 7.11 Å². The average Bonchev–Trinajstić information content (AvgIpc) is 3.24. The molecule has 0 radical (unpaired) electrons. The van der Waals surface area contributed by atoms with E-state index >= 15 is 0 Å². The van der Waals surface area contributed by atoms with Gasteiger partial charge in [0.25, 0.3) is 0 Å². The van der Waals surface area contributed by atoms with Crippen LogP contribution in [0.2, 0.25) is 0 Å². The van der Waals surface area contributed by atoms with Crippen molar-refractivity contribution in [3.8, 4) is 5.75 Å². The van der Waals surface area contributed by atoms with E-state index in [9.17, 15) is 0 Å². The van der Waals surface area contributed by atoms with Gasteiger partial charge in [0.1, 0.15) is 11.6 Å². The predicted octanol–water partition coefficient (Wildman–Crippen LogP) is 2.41. The minimum Gasteiger partial charge on any atom is -0.497 e. The van der Waals surface area contributed by atoms with E-state index in [1.165, 1.54) is 18.4 Å². The molecule has 0 aliphatic carbocycles. The van der Waals surface area contributed by atoms with Gasteiger partial charge in [-0.25, -0.2) is 4.98 Å². The third-order valence-corrected chi connectivity index (χ3v) is 5.25. The van der Waals surface area contributed by atoms with Gasteiger partial charge in [-0.15, -0.1) is 0 Å². The van der Waals surface area contributed by atoms with Gasteiger partial charge in [0, 0.05) is 52.0 Å². The van der Waals surface area contributed by atoms with Crippen LogP contribution in [0.1, 0.15) is 18.4 Å². The first-order valence-corrected chi connectivity index (χ1v) is 9.50. The molecule has 0 unspecified atom stereocenters. The molecule has 2 aliphatic heterocycles. The molecule has 0 saturated carbocycles. The number of piperazine rings is 1. The summed E-state index contributed by atoms with van der Waals surface area (Å²) in [6, 6.07) is 10.4. The van der Waals surface area contributed by atoms with Gasteiger partial charge in [-0.2, -0.15) is 4.98 Å². The van der Waals surface area contributed by atoms with Gasteiger partial charge < -0.3 is 14.5 Å². The van der Waals surface area contributed by atoms with Crippen LogP contribution >= 0.6 is 0 Å². The summed E-state index contributed by atoms with van der Waals surface area (Å²) < 4.78 is 5.33. The van der Waals surface area contributed by atoms with Gasteiger partial charge in [-0.1, -0.05) is 12.1 Å². The van der Waals surface area contributed by atoms with E-state index in [1.807, 2.05) is 18.3 Å². The fraction of sp³-hybridized carbons (Fsp3) is 0.500. The van der Waals surface area contributed by atoms with Crippen LogP contribution in [0.4, 0.5) is 11.8 Å².